The van der Waals surface area contributed by atoms with E-state index >= 15 is 0 Å². The summed E-state index contributed by atoms with van der Waals surface area (Å²) >= 11 is 0. The lowest BCUT2D eigenvalue weighted by molar-refractivity contribution is -0.134. The fourth-order valence-corrected chi connectivity index (χ4v) is 4.43. The van der Waals surface area contributed by atoms with Gasteiger partial charge in [-0.25, -0.2) is 13.1 Å². The van der Waals surface area contributed by atoms with Crippen LogP contribution in [0.25, 0.3) is 0 Å². The van der Waals surface area contributed by atoms with Crippen LogP contribution in [0.3, 0.4) is 0 Å². The molecule has 0 aliphatic heterocycles. The molecule has 158 valence electrons. The Morgan fingerprint density at radius 1 is 1.11 bits per heavy atom. The zero-order valence-electron chi connectivity index (χ0n) is 17.3. The summed E-state index contributed by atoms with van der Waals surface area (Å²) < 4.78 is 32.5. The number of nitrogens with one attached hydrogen (secondary N) is 2. The minimum Gasteiger partial charge on any atom is -0.385 e. The van der Waals surface area contributed by atoms with Gasteiger partial charge >= 0.3 is 0 Å². The number of carbonyl (C=O) groups is 2. The fraction of sp³-hybridized carbons (Fsp3) is 0.579. The molecule has 0 saturated carbocycles. The number of hydrogen-bond donors (Lipinski definition) is 2. The van der Waals surface area contributed by atoms with Gasteiger partial charge in [0, 0.05) is 40.3 Å². The van der Waals surface area contributed by atoms with E-state index in [9.17, 15) is 18.0 Å². The molecule has 0 radical (unpaired) electrons. The average Bonchev–Trinajstić information content (AvgIpc) is 2.57. The highest BCUT2D eigenvalue weighted by Gasteiger charge is 2.20. The SMILES string of the molecule is COCCCNC(=O)CN(C)C(=O)CCNS(=O)(=O)c1c(C)cc(C)cc1C. The summed E-state index contributed by atoms with van der Waals surface area (Å²) in [4.78, 5) is 25.5. The van der Waals surface area contributed by atoms with Gasteiger partial charge in [-0.05, 0) is 38.3 Å². The quantitative estimate of drug-likeness (QED) is 0.524. The van der Waals surface area contributed by atoms with Crippen molar-refractivity contribution >= 4 is 21.8 Å². The predicted octanol–water partition coefficient (Wildman–Crippen LogP) is 0.891. The molecule has 28 heavy (non-hydrogen) atoms. The molecule has 1 rings (SSSR count). The van der Waals surface area contributed by atoms with Gasteiger partial charge in [-0.1, -0.05) is 17.7 Å². The van der Waals surface area contributed by atoms with E-state index < -0.39 is 10.0 Å². The van der Waals surface area contributed by atoms with Crippen LogP contribution >= 0.6 is 0 Å². The van der Waals surface area contributed by atoms with E-state index in [2.05, 4.69) is 10.0 Å². The van der Waals surface area contributed by atoms with Gasteiger partial charge in [0.1, 0.15) is 0 Å². The highest BCUT2D eigenvalue weighted by molar-refractivity contribution is 7.89. The first-order valence-electron chi connectivity index (χ1n) is 9.15. The number of ether oxygens (including phenoxy) is 1. The van der Waals surface area contributed by atoms with Crippen molar-refractivity contribution < 1.29 is 22.7 Å². The van der Waals surface area contributed by atoms with Crippen LogP contribution in [0, 0.1) is 20.8 Å². The molecule has 0 heterocycles. The normalized spacial score (nSPS) is 11.3. The van der Waals surface area contributed by atoms with Crippen LogP contribution in [-0.2, 0) is 24.3 Å². The molecule has 0 atom stereocenters. The fourth-order valence-electron chi connectivity index (χ4n) is 2.95. The van der Waals surface area contributed by atoms with Gasteiger partial charge in [0.2, 0.25) is 21.8 Å². The first-order chi connectivity index (χ1) is 13.1. The molecule has 0 aliphatic rings. The number of hydrogen-bond acceptors (Lipinski definition) is 5. The topological polar surface area (TPSA) is 105 Å². The van der Waals surface area contributed by atoms with Crippen molar-refractivity contribution in [1.82, 2.24) is 14.9 Å². The summed E-state index contributed by atoms with van der Waals surface area (Å²) in [6, 6.07) is 3.62. The molecule has 0 fully saturated rings. The average molecular weight is 414 g/mol. The number of likely N-dealkylation sites (N-methyl/N-ethyl adjacent to an activating group) is 1. The lowest BCUT2D eigenvalue weighted by atomic mass is 10.1. The van der Waals surface area contributed by atoms with Gasteiger partial charge in [0.15, 0.2) is 0 Å². The van der Waals surface area contributed by atoms with Gasteiger partial charge < -0.3 is 15.0 Å². The Labute approximate surface area is 167 Å². The number of carbonyl (C=O) groups excluding carboxylic acids is 2. The molecule has 9 heteroatoms. The third-order valence-corrected chi connectivity index (χ3v) is 5.92. The minimum atomic E-state index is -3.71. The largest absolute Gasteiger partial charge is 0.385 e. The molecule has 8 nitrogen and oxygen atoms in total. The highest BCUT2D eigenvalue weighted by atomic mass is 32.2. The minimum absolute atomic E-state index is 0.0311. The number of sulfonamides is 1. The number of aryl methyl sites for hydroxylation is 3. The van der Waals surface area contributed by atoms with E-state index in [0.29, 0.717) is 30.7 Å². The van der Waals surface area contributed by atoms with E-state index in [1.54, 1.807) is 21.0 Å². The van der Waals surface area contributed by atoms with Crippen LogP contribution < -0.4 is 10.0 Å². The zero-order chi connectivity index (χ0) is 21.3. The smallest absolute Gasteiger partial charge is 0.241 e. The predicted molar refractivity (Wildman–Crippen MR) is 108 cm³/mol. The van der Waals surface area contributed by atoms with Crippen molar-refractivity contribution in [2.45, 2.75) is 38.5 Å². The molecule has 0 aliphatic carbocycles. The Kier molecular flexibility index (Phi) is 9.57. The van der Waals surface area contributed by atoms with E-state index in [1.807, 2.05) is 19.1 Å². The van der Waals surface area contributed by atoms with Crippen molar-refractivity contribution in [3.63, 3.8) is 0 Å². The van der Waals surface area contributed by atoms with E-state index in [4.69, 9.17) is 4.74 Å². The van der Waals surface area contributed by atoms with Crippen molar-refractivity contribution in [2.75, 3.05) is 40.4 Å². The van der Waals surface area contributed by atoms with Crippen molar-refractivity contribution in [3.8, 4) is 0 Å². The van der Waals surface area contributed by atoms with Crippen molar-refractivity contribution in [1.29, 1.82) is 0 Å². The summed E-state index contributed by atoms with van der Waals surface area (Å²) in [5, 5.41) is 2.70. The van der Waals surface area contributed by atoms with E-state index in [-0.39, 0.29) is 36.2 Å². The third kappa shape index (κ3) is 7.57. The maximum Gasteiger partial charge on any atom is 0.241 e. The molecular weight excluding hydrogens is 382 g/mol. The van der Waals surface area contributed by atoms with E-state index in [1.165, 1.54) is 11.9 Å². The number of methoxy groups -OCH3 is 1. The molecule has 0 aromatic heterocycles. The first-order valence-corrected chi connectivity index (χ1v) is 10.6. The monoisotopic (exact) mass is 413 g/mol. The Bertz CT molecular complexity index is 770. The molecule has 2 amide bonds. The van der Waals surface area contributed by atoms with Crippen LogP contribution in [-0.4, -0.2) is 65.5 Å². The molecule has 0 bridgehead atoms. The maximum absolute atomic E-state index is 12.6. The Morgan fingerprint density at radius 3 is 2.29 bits per heavy atom. The summed E-state index contributed by atoms with van der Waals surface area (Å²) in [7, 11) is -0.611. The van der Waals surface area contributed by atoms with Gasteiger partial charge in [0.05, 0.1) is 11.4 Å². The second-order valence-electron chi connectivity index (χ2n) is 6.82. The number of benzene rings is 1. The van der Waals surface area contributed by atoms with Crippen molar-refractivity contribution in [3.05, 3.63) is 28.8 Å². The molecule has 0 spiro atoms. The van der Waals surface area contributed by atoms with Gasteiger partial charge in [-0.15, -0.1) is 0 Å². The maximum atomic E-state index is 12.6. The second kappa shape index (κ2) is 11.1. The summed E-state index contributed by atoms with van der Waals surface area (Å²) in [6.45, 7) is 6.32. The van der Waals surface area contributed by atoms with Gasteiger partial charge in [-0.3, -0.25) is 9.59 Å². The Morgan fingerprint density at radius 2 is 1.71 bits per heavy atom. The summed E-state index contributed by atoms with van der Waals surface area (Å²) in [6.07, 6.45) is 0.663. The summed E-state index contributed by atoms with van der Waals surface area (Å²) in [5.41, 5.74) is 2.32. The first kappa shape index (κ1) is 24.1. The molecule has 0 saturated heterocycles. The standard InChI is InChI=1S/C19H31N3O5S/c1-14-11-15(2)19(16(3)12-14)28(25,26)21-9-7-18(24)22(4)13-17(23)20-8-6-10-27-5/h11-12,21H,6-10,13H2,1-5H3,(H,20,23). The molecule has 2 N–H and O–H groups in total. The Balaban J connectivity index is 2.51. The lowest BCUT2D eigenvalue weighted by Gasteiger charge is -2.17. The van der Waals surface area contributed by atoms with Gasteiger partial charge in [-0.2, -0.15) is 0 Å². The van der Waals surface area contributed by atoms with Crippen LogP contribution in [0.1, 0.15) is 29.5 Å². The highest BCUT2D eigenvalue weighted by Crippen LogP contribution is 2.21. The molecule has 0 unspecified atom stereocenters. The lowest BCUT2D eigenvalue weighted by Crippen LogP contribution is -2.40. The molecule has 1 aromatic rings. The van der Waals surface area contributed by atoms with E-state index in [0.717, 1.165) is 5.56 Å². The van der Waals surface area contributed by atoms with Gasteiger partial charge in [0.25, 0.3) is 0 Å². The van der Waals surface area contributed by atoms with Crippen molar-refractivity contribution in [2.24, 2.45) is 0 Å². The zero-order valence-corrected chi connectivity index (χ0v) is 18.1. The van der Waals surface area contributed by atoms with Crippen LogP contribution in [0.4, 0.5) is 0 Å². The number of nitrogens with zero attached hydrogens (tertiary/aromatic N) is 1. The summed E-state index contributed by atoms with van der Waals surface area (Å²) in [5.74, 6) is -0.578. The number of rotatable bonds is 11. The molecular formula is C19H31N3O5S. The van der Waals surface area contributed by atoms with Crippen LogP contribution in [0.5, 0.6) is 0 Å². The Hall–Kier alpha value is -1.97. The number of amides is 2. The van der Waals surface area contributed by atoms with Crippen LogP contribution in [0.15, 0.2) is 17.0 Å². The van der Waals surface area contributed by atoms with Crippen LogP contribution in [0.2, 0.25) is 0 Å². The molecule has 1 aromatic carbocycles. The third-order valence-electron chi connectivity index (χ3n) is 4.16. The second-order valence-corrected chi connectivity index (χ2v) is 8.53.